The van der Waals surface area contributed by atoms with Crippen molar-refractivity contribution in [3.63, 3.8) is 0 Å². The minimum atomic E-state index is -0.750. The summed E-state index contributed by atoms with van der Waals surface area (Å²) in [4.78, 5) is 0. The Morgan fingerprint density at radius 3 is 1.00 bits per heavy atom. The lowest BCUT2D eigenvalue weighted by molar-refractivity contribution is 0.624. The molecule has 18 heavy (non-hydrogen) atoms. The van der Waals surface area contributed by atoms with Crippen LogP contribution >= 0.6 is 34.8 Å². The first-order valence-corrected chi connectivity index (χ1v) is 7.88. The minimum Gasteiger partial charge on any atom is -0.0874 e. The fourth-order valence-electron chi connectivity index (χ4n) is 1.24. The largest absolute Gasteiger partial charge is 0.180 e. The van der Waals surface area contributed by atoms with Crippen LogP contribution in [0.3, 0.4) is 0 Å². The number of rotatable bonds is 5. The molecular weight excluding hydrogens is 287 g/mol. The lowest BCUT2D eigenvalue weighted by atomic mass is 10.1. The molecular formula is C15H25Cl3. The van der Waals surface area contributed by atoms with Crippen LogP contribution in [0.2, 0.25) is 0 Å². The number of hydrogen-bond acceptors (Lipinski definition) is 0. The van der Waals surface area contributed by atoms with Crippen molar-refractivity contribution in [2.75, 3.05) is 0 Å². The summed E-state index contributed by atoms with van der Waals surface area (Å²) in [6.07, 6.45) is 8.49. The van der Waals surface area contributed by atoms with Crippen molar-refractivity contribution >= 4 is 34.8 Å². The Morgan fingerprint density at radius 2 is 0.833 bits per heavy atom. The zero-order valence-corrected chi connectivity index (χ0v) is 13.7. The van der Waals surface area contributed by atoms with Crippen molar-refractivity contribution in [1.82, 2.24) is 0 Å². The Kier molecular flexibility index (Phi) is 22.0. The first kappa shape index (κ1) is 20.4. The summed E-state index contributed by atoms with van der Waals surface area (Å²) in [6.45, 7) is 4.51. The van der Waals surface area contributed by atoms with Gasteiger partial charge >= 0.3 is 0 Å². The van der Waals surface area contributed by atoms with E-state index in [-0.39, 0.29) is 0 Å². The van der Waals surface area contributed by atoms with Gasteiger partial charge in [-0.05, 0) is 0 Å². The fourth-order valence-corrected chi connectivity index (χ4v) is 1.24. The highest BCUT2D eigenvalue weighted by molar-refractivity contribution is 6.63. The summed E-state index contributed by atoms with van der Waals surface area (Å²) in [7, 11) is 0. The number of benzene rings is 1. The number of alkyl halides is 3. The summed E-state index contributed by atoms with van der Waals surface area (Å²) in [5, 5.41) is 0. The highest BCUT2D eigenvalue weighted by Crippen LogP contribution is 2.04. The van der Waals surface area contributed by atoms with Crippen LogP contribution in [-0.4, -0.2) is 4.30 Å². The standard InChI is InChI=1S/C8H18.C6H6.CHCl3/c1-3-5-7-8-6-4-2;1-2-4-6-5-3-1;2-1(3)4/h3-8H2,1-2H3;1-6H;1H. The Morgan fingerprint density at radius 1 is 0.611 bits per heavy atom. The van der Waals surface area contributed by atoms with Gasteiger partial charge in [0.2, 0.25) is 0 Å². The van der Waals surface area contributed by atoms with Gasteiger partial charge in [0, 0.05) is 0 Å². The normalized spacial score (nSPS) is 9.00. The predicted octanol–water partition coefficient (Wildman–Crippen LogP) is 7.04. The molecule has 0 unspecified atom stereocenters. The fraction of sp³-hybridized carbons (Fsp3) is 0.600. The molecule has 1 aromatic rings. The summed E-state index contributed by atoms with van der Waals surface area (Å²) >= 11 is 14.4. The van der Waals surface area contributed by atoms with E-state index in [1.54, 1.807) is 0 Å². The van der Waals surface area contributed by atoms with Gasteiger partial charge in [0.15, 0.2) is 4.30 Å². The smallest absolute Gasteiger partial charge is 0.0874 e. The van der Waals surface area contributed by atoms with Crippen LogP contribution in [0.5, 0.6) is 0 Å². The van der Waals surface area contributed by atoms with E-state index in [0.29, 0.717) is 0 Å². The molecule has 0 aliphatic carbocycles. The third kappa shape index (κ3) is 29.8. The molecule has 0 amide bonds. The van der Waals surface area contributed by atoms with E-state index >= 15 is 0 Å². The zero-order valence-electron chi connectivity index (χ0n) is 11.4. The predicted molar refractivity (Wildman–Crippen MR) is 86.8 cm³/mol. The molecule has 0 N–H and O–H groups in total. The molecule has 0 saturated carbocycles. The van der Waals surface area contributed by atoms with Crippen LogP contribution in [-0.2, 0) is 0 Å². The van der Waals surface area contributed by atoms with Crippen LogP contribution in [0.15, 0.2) is 36.4 Å². The Bertz CT molecular complexity index is 177. The SMILES string of the molecule is CCCCCCCC.ClC(Cl)Cl.c1ccccc1. The molecule has 0 nitrogen and oxygen atoms in total. The molecule has 1 rings (SSSR count). The van der Waals surface area contributed by atoms with Crippen molar-refractivity contribution in [3.8, 4) is 0 Å². The monoisotopic (exact) mass is 310 g/mol. The minimum absolute atomic E-state index is 0.750. The van der Waals surface area contributed by atoms with Crippen molar-refractivity contribution in [1.29, 1.82) is 0 Å². The van der Waals surface area contributed by atoms with Crippen molar-refractivity contribution in [3.05, 3.63) is 36.4 Å². The van der Waals surface area contributed by atoms with Gasteiger partial charge in [-0.2, -0.15) is 0 Å². The molecule has 0 aliphatic rings. The van der Waals surface area contributed by atoms with E-state index in [1.165, 1.54) is 38.5 Å². The molecule has 0 spiro atoms. The Labute approximate surface area is 128 Å². The Hall–Kier alpha value is 0.0900. The second kappa shape index (κ2) is 19.4. The molecule has 1 aromatic carbocycles. The summed E-state index contributed by atoms with van der Waals surface area (Å²) in [6, 6.07) is 12.0. The van der Waals surface area contributed by atoms with Gasteiger partial charge < -0.3 is 0 Å². The summed E-state index contributed by atoms with van der Waals surface area (Å²) < 4.78 is -0.750. The quantitative estimate of drug-likeness (QED) is 0.404. The van der Waals surface area contributed by atoms with Gasteiger partial charge in [0.1, 0.15) is 0 Å². The highest BCUT2D eigenvalue weighted by atomic mass is 35.6. The molecule has 0 aromatic heterocycles. The average Bonchev–Trinajstić information content (AvgIpc) is 2.37. The van der Waals surface area contributed by atoms with Gasteiger partial charge in [-0.15, -0.1) is 0 Å². The van der Waals surface area contributed by atoms with Crippen LogP contribution in [0, 0.1) is 0 Å². The van der Waals surface area contributed by atoms with Crippen molar-refractivity contribution in [2.45, 2.75) is 56.7 Å². The second-order valence-corrected chi connectivity index (χ2v) is 5.80. The maximum absolute atomic E-state index is 4.81. The maximum Gasteiger partial charge on any atom is 0.180 e. The number of hydrogen-bond donors (Lipinski definition) is 0. The molecule has 0 fully saturated rings. The van der Waals surface area contributed by atoms with E-state index in [1.807, 2.05) is 36.4 Å². The van der Waals surface area contributed by atoms with E-state index in [4.69, 9.17) is 34.8 Å². The van der Waals surface area contributed by atoms with Crippen LogP contribution in [0.4, 0.5) is 0 Å². The lowest BCUT2D eigenvalue weighted by Gasteiger charge is -1.93. The van der Waals surface area contributed by atoms with Crippen LogP contribution < -0.4 is 0 Å². The van der Waals surface area contributed by atoms with E-state index in [2.05, 4.69) is 13.8 Å². The lowest BCUT2D eigenvalue weighted by Crippen LogP contribution is -1.73. The number of unbranched alkanes of at least 4 members (excludes halogenated alkanes) is 5. The zero-order chi connectivity index (χ0) is 14.1. The third-order valence-electron chi connectivity index (χ3n) is 2.12. The first-order valence-electron chi connectivity index (χ1n) is 6.57. The highest BCUT2D eigenvalue weighted by Gasteiger charge is 1.83. The number of halogens is 3. The molecule has 0 bridgehead atoms. The van der Waals surface area contributed by atoms with Crippen molar-refractivity contribution < 1.29 is 0 Å². The van der Waals surface area contributed by atoms with Crippen LogP contribution in [0.1, 0.15) is 52.4 Å². The van der Waals surface area contributed by atoms with Gasteiger partial charge in [-0.25, -0.2) is 0 Å². The van der Waals surface area contributed by atoms with E-state index in [0.717, 1.165) is 0 Å². The topological polar surface area (TPSA) is 0 Å². The van der Waals surface area contributed by atoms with Gasteiger partial charge in [0.25, 0.3) is 0 Å². The van der Waals surface area contributed by atoms with Gasteiger partial charge in [-0.3, -0.25) is 0 Å². The molecule has 0 radical (unpaired) electrons. The average molecular weight is 312 g/mol. The van der Waals surface area contributed by atoms with Crippen LogP contribution in [0.25, 0.3) is 0 Å². The second-order valence-electron chi connectivity index (χ2n) is 3.82. The molecule has 0 aliphatic heterocycles. The first-order chi connectivity index (χ1) is 8.65. The van der Waals surface area contributed by atoms with E-state index in [9.17, 15) is 0 Å². The van der Waals surface area contributed by atoms with Gasteiger partial charge in [-0.1, -0.05) is 124 Å². The Balaban J connectivity index is 0. The van der Waals surface area contributed by atoms with E-state index < -0.39 is 4.30 Å². The van der Waals surface area contributed by atoms with Gasteiger partial charge in [0.05, 0.1) is 0 Å². The molecule has 3 heteroatoms. The molecule has 106 valence electrons. The third-order valence-corrected chi connectivity index (χ3v) is 2.12. The molecule has 0 heterocycles. The maximum atomic E-state index is 4.81. The summed E-state index contributed by atoms with van der Waals surface area (Å²) in [5.74, 6) is 0. The van der Waals surface area contributed by atoms with Crippen molar-refractivity contribution in [2.24, 2.45) is 0 Å². The molecule has 0 saturated heterocycles. The summed E-state index contributed by atoms with van der Waals surface area (Å²) in [5.41, 5.74) is 0. The molecule has 0 atom stereocenters.